The van der Waals surface area contributed by atoms with Crippen LogP contribution in [0.5, 0.6) is 0 Å². The van der Waals surface area contributed by atoms with Gasteiger partial charge in [-0.2, -0.15) is 0 Å². The highest BCUT2D eigenvalue weighted by Crippen LogP contribution is 2.40. The lowest BCUT2D eigenvalue weighted by Crippen LogP contribution is -2.53. The molecule has 3 aliphatic heterocycles. The average molecular weight is 417 g/mol. The summed E-state index contributed by atoms with van der Waals surface area (Å²) in [7, 11) is 0. The van der Waals surface area contributed by atoms with E-state index >= 15 is 0 Å². The predicted octanol–water partition coefficient (Wildman–Crippen LogP) is 3.88. The fraction of sp³-hybridized carbons (Fsp3) is 0.423. The third-order valence-electron chi connectivity index (χ3n) is 7.23. The number of imide groups is 1. The minimum Gasteiger partial charge on any atom is -0.337 e. The Kier molecular flexibility index (Phi) is 5.34. The third-order valence-corrected chi connectivity index (χ3v) is 7.23. The summed E-state index contributed by atoms with van der Waals surface area (Å²) in [5, 5.41) is 0. The molecule has 3 saturated heterocycles. The average Bonchev–Trinajstić information content (AvgIpc) is 3.27. The van der Waals surface area contributed by atoms with Crippen molar-refractivity contribution < 1.29 is 14.4 Å². The second-order valence-electron chi connectivity index (χ2n) is 9.05. The Bertz CT molecular complexity index is 905. The monoisotopic (exact) mass is 416 g/mol. The fourth-order valence-corrected chi connectivity index (χ4v) is 5.85. The third kappa shape index (κ3) is 3.78. The number of amides is 3. The Hall–Kier alpha value is -2.95. The molecule has 2 atom stereocenters. The van der Waals surface area contributed by atoms with E-state index in [1.54, 1.807) is 0 Å². The number of nitrogens with zero attached hydrogens (tertiary/aromatic N) is 2. The minimum absolute atomic E-state index is 0.0220. The molecule has 0 spiro atoms. The van der Waals surface area contributed by atoms with Crippen molar-refractivity contribution in [3.8, 4) is 0 Å². The number of hydrogen-bond acceptors (Lipinski definition) is 3. The van der Waals surface area contributed by atoms with Crippen LogP contribution in [-0.2, 0) is 14.4 Å². The van der Waals surface area contributed by atoms with E-state index in [9.17, 15) is 14.4 Å². The topological polar surface area (TPSA) is 57.7 Å². The highest BCUT2D eigenvalue weighted by molar-refractivity contribution is 6.02. The zero-order valence-corrected chi connectivity index (χ0v) is 17.7. The molecule has 3 fully saturated rings. The molecule has 0 aromatic heterocycles. The maximum atomic E-state index is 13.6. The van der Waals surface area contributed by atoms with Crippen molar-refractivity contribution in [3.05, 3.63) is 71.8 Å². The normalized spacial score (nSPS) is 25.5. The van der Waals surface area contributed by atoms with Gasteiger partial charge in [0.1, 0.15) is 0 Å². The molecule has 0 N–H and O–H groups in total. The van der Waals surface area contributed by atoms with Gasteiger partial charge >= 0.3 is 0 Å². The van der Waals surface area contributed by atoms with Crippen LogP contribution in [0.1, 0.15) is 62.0 Å². The molecule has 0 saturated carbocycles. The maximum Gasteiger partial charge on any atom is 0.229 e. The van der Waals surface area contributed by atoms with Gasteiger partial charge in [0.25, 0.3) is 0 Å². The van der Waals surface area contributed by atoms with Crippen molar-refractivity contribution in [1.82, 2.24) is 9.80 Å². The molecular formula is C26H28N2O3. The summed E-state index contributed by atoms with van der Waals surface area (Å²) in [6.07, 6.45) is 4.48. The summed E-state index contributed by atoms with van der Waals surface area (Å²) in [4.78, 5) is 41.6. The molecule has 5 rings (SSSR count). The summed E-state index contributed by atoms with van der Waals surface area (Å²) < 4.78 is 0. The van der Waals surface area contributed by atoms with Crippen molar-refractivity contribution in [2.24, 2.45) is 0 Å². The van der Waals surface area contributed by atoms with Gasteiger partial charge in [-0.05, 0) is 36.8 Å². The Morgan fingerprint density at radius 3 is 1.74 bits per heavy atom. The van der Waals surface area contributed by atoms with E-state index in [4.69, 9.17) is 0 Å². The number of rotatable bonds is 5. The van der Waals surface area contributed by atoms with Gasteiger partial charge in [-0.15, -0.1) is 0 Å². The second-order valence-corrected chi connectivity index (χ2v) is 9.05. The number of benzene rings is 2. The lowest BCUT2D eigenvalue weighted by atomic mass is 9.87. The van der Waals surface area contributed by atoms with Gasteiger partial charge in [-0.3, -0.25) is 19.3 Å². The number of piperidine rings is 1. The van der Waals surface area contributed by atoms with Crippen molar-refractivity contribution in [2.45, 2.75) is 69.0 Å². The molecule has 5 nitrogen and oxygen atoms in total. The minimum atomic E-state index is -0.0394. The smallest absolute Gasteiger partial charge is 0.229 e. The van der Waals surface area contributed by atoms with Crippen molar-refractivity contribution in [3.63, 3.8) is 0 Å². The second kappa shape index (κ2) is 8.29. The zero-order chi connectivity index (χ0) is 21.4. The first kappa shape index (κ1) is 20.0. The number of carbonyl (C=O) groups is 3. The van der Waals surface area contributed by atoms with Crippen molar-refractivity contribution in [2.75, 3.05) is 0 Å². The van der Waals surface area contributed by atoms with Gasteiger partial charge in [-0.25, -0.2) is 0 Å². The molecule has 0 radical (unpaired) electrons. The number of hydrogen-bond donors (Lipinski definition) is 0. The maximum absolute atomic E-state index is 13.6. The van der Waals surface area contributed by atoms with Gasteiger partial charge < -0.3 is 4.90 Å². The molecular weight excluding hydrogens is 388 g/mol. The first-order chi connectivity index (χ1) is 15.1. The van der Waals surface area contributed by atoms with E-state index in [1.807, 2.05) is 36.4 Å². The molecule has 3 amide bonds. The summed E-state index contributed by atoms with van der Waals surface area (Å²) in [5.41, 5.74) is 2.30. The highest BCUT2D eigenvalue weighted by Gasteiger charge is 2.47. The first-order valence-corrected chi connectivity index (χ1v) is 11.4. The van der Waals surface area contributed by atoms with Crippen LogP contribution in [0.4, 0.5) is 0 Å². The summed E-state index contributed by atoms with van der Waals surface area (Å²) in [6.45, 7) is 0. The fourth-order valence-electron chi connectivity index (χ4n) is 5.85. The van der Waals surface area contributed by atoms with Gasteiger partial charge in [-0.1, -0.05) is 60.7 Å². The molecule has 2 unspecified atom stereocenters. The van der Waals surface area contributed by atoms with E-state index in [1.165, 1.54) is 4.90 Å². The summed E-state index contributed by atoms with van der Waals surface area (Å²) in [5.74, 6) is 0.126. The molecule has 160 valence electrons. The SMILES string of the molecule is O=C1CCC(=O)N1C1CC2CCC(C1)N2C(=O)CC(c1ccccc1)c1ccccc1. The van der Waals surface area contributed by atoms with Gasteiger partial charge in [0.05, 0.1) is 0 Å². The Labute approximate surface area is 183 Å². The number of likely N-dealkylation sites (tertiary alicyclic amines) is 1. The van der Waals surface area contributed by atoms with E-state index in [-0.39, 0.29) is 41.8 Å². The highest BCUT2D eigenvalue weighted by atomic mass is 16.2. The number of fused-ring (bicyclic) bond motifs is 2. The van der Waals surface area contributed by atoms with Crippen LogP contribution in [0.2, 0.25) is 0 Å². The molecule has 5 heteroatoms. The molecule has 2 bridgehead atoms. The van der Waals surface area contributed by atoms with Gasteiger partial charge in [0, 0.05) is 43.3 Å². The molecule has 0 aliphatic carbocycles. The van der Waals surface area contributed by atoms with E-state index in [0.717, 1.165) is 36.8 Å². The van der Waals surface area contributed by atoms with Crippen LogP contribution in [0.15, 0.2) is 60.7 Å². The standard InChI is InChI=1S/C26H28N2O3/c29-24-13-14-25(30)28(24)22-15-20-11-12-21(16-22)27(20)26(31)17-23(18-7-3-1-4-8-18)19-9-5-2-6-10-19/h1-10,20-23H,11-17H2. The molecule has 3 aliphatic rings. The van der Waals surface area contributed by atoms with E-state index < -0.39 is 0 Å². The molecule has 2 aromatic carbocycles. The van der Waals surface area contributed by atoms with E-state index in [2.05, 4.69) is 29.2 Å². The lowest BCUT2D eigenvalue weighted by molar-refractivity contribution is -0.144. The van der Waals surface area contributed by atoms with Crippen LogP contribution in [0, 0.1) is 0 Å². The summed E-state index contributed by atoms with van der Waals surface area (Å²) in [6, 6.07) is 20.7. The van der Waals surface area contributed by atoms with Crippen LogP contribution in [-0.4, -0.2) is 45.6 Å². The quantitative estimate of drug-likeness (QED) is 0.695. The van der Waals surface area contributed by atoms with Crippen LogP contribution in [0.25, 0.3) is 0 Å². The molecule has 31 heavy (non-hydrogen) atoms. The largest absolute Gasteiger partial charge is 0.337 e. The lowest BCUT2D eigenvalue weighted by Gasteiger charge is -2.42. The Balaban J connectivity index is 1.34. The van der Waals surface area contributed by atoms with Gasteiger partial charge in [0.2, 0.25) is 17.7 Å². The van der Waals surface area contributed by atoms with Crippen LogP contribution >= 0.6 is 0 Å². The van der Waals surface area contributed by atoms with E-state index in [0.29, 0.717) is 19.3 Å². The predicted molar refractivity (Wildman–Crippen MR) is 117 cm³/mol. The zero-order valence-electron chi connectivity index (χ0n) is 17.7. The first-order valence-electron chi connectivity index (χ1n) is 11.4. The molecule has 3 heterocycles. The Morgan fingerprint density at radius 2 is 1.26 bits per heavy atom. The van der Waals surface area contributed by atoms with Crippen molar-refractivity contribution >= 4 is 17.7 Å². The molecule has 2 aromatic rings. The van der Waals surface area contributed by atoms with Crippen molar-refractivity contribution in [1.29, 1.82) is 0 Å². The Morgan fingerprint density at radius 1 is 0.774 bits per heavy atom. The van der Waals surface area contributed by atoms with Crippen LogP contribution < -0.4 is 0 Å². The van der Waals surface area contributed by atoms with Crippen LogP contribution in [0.3, 0.4) is 0 Å². The number of carbonyl (C=O) groups excluding carboxylic acids is 3. The van der Waals surface area contributed by atoms with Gasteiger partial charge in [0.15, 0.2) is 0 Å². The summed E-state index contributed by atoms with van der Waals surface area (Å²) >= 11 is 0.